The molecule has 1 aliphatic heterocycles. The number of ether oxygens (including phenoxy) is 1. The van der Waals surface area contributed by atoms with E-state index >= 15 is 0 Å². The van der Waals surface area contributed by atoms with E-state index in [0.29, 0.717) is 36.0 Å². The van der Waals surface area contributed by atoms with Gasteiger partial charge in [0.05, 0.1) is 24.7 Å². The molecule has 0 bridgehead atoms. The molecular weight excluding hydrogens is 352 g/mol. The predicted octanol–water partition coefficient (Wildman–Crippen LogP) is 3.42. The lowest BCUT2D eigenvalue weighted by molar-refractivity contribution is 0.184. The highest BCUT2D eigenvalue weighted by atomic mass is 16.5. The molecule has 2 aromatic heterocycles. The molecule has 3 heterocycles. The van der Waals surface area contributed by atoms with Gasteiger partial charge in [-0.15, -0.1) is 0 Å². The summed E-state index contributed by atoms with van der Waals surface area (Å²) in [5, 5.41) is 0. The maximum absolute atomic E-state index is 5.81. The molecule has 1 fully saturated rings. The van der Waals surface area contributed by atoms with Crippen molar-refractivity contribution in [3.63, 3.8) is 0 Å². The van der Waals surface area contributed by atoms with Crippen LogP contribution in [-0.2, 0) is 0 Å². The molecule has 7 heteroatoms. The molecule has 2 atom stereocenters. The highest BCUT2D eigenvalue weighted by Gasteiger charge is 2.27. The van der Waals surface area contributed by atoms with Gasteiger partial charge in [0.1, 0.15) is 17.5 Å². The molecule has 7 nitrogen and oxygen atoms in total. The van der Waals surface area contributed by atoms with Crippen LogP contribution in [-0.4, -0.2) is 39.6 Å². The number of nitrogens with two attached hydrogens (primary N) is 1. The number of hydrogen-bond acceptors (Lipinski definition) is 7. The van der Waals surface area contributed by atoms with Gasteiger partial charge in [-0.25, -0.2) is 9.97 Å². The fraction of sp³-hybridized carbons (Fsp3) is 0.619. The van der Waals surface area contributed by atoms with E-state index in [2.05, 4.69) is 38.7 Å². The minimum atomic E-state index is 0.453. The van der Waals surface area contributed by atoms with Gasteiger partial charge in [-0.1, -0.05) is 13.8 Å². The first kappa shape index (κ1) is 20.3. The minimum absolute atomic E-state index is 0.453. The highest BCUT2D eigenvalue weighted by molar-refractivity contribution is 5.36. The molecule has 0 aliphatic carbocycles. The Morgan fingerprint density at radius 3 is 2.54 bits per heavy atom. The second-order valence-corrected chi connectivity index (χ2v) is 7.99. The van der Waals surface area contributed by atoms with Gasteiger partial charge in [-0.3, -0.25) is 4.98 Å². The zero-order valence-electron chi connectivity index (χ0n) is 17.4. The summed E-state index contributed by atoms with van der Waals surface area (Å²) in [5.41, 5.74) is 6.72. The van der Waals surface area contributed by atoms with Crippen LogP contribution in [0.3, 0.4) is 0 Å². The molecule has 2 aromatic rings. The van der Waals surface area contributed by atoms with Gasteiger partial charge in [0, 0.05) is 19.2 Å². The molecule has 28 heavy (non-hydrogen) atoms. The molecule has 1 aliphatic rings. The summed E-state index contributed by atoms with van der Waals surface area (Å²) in [6.45, 7) is 11.2. The summed E-state index contributed by atoms with van der Waals surface area (Å²) in [6.07, 6.45) is 7.14. The quantitative estimate of drug-likeness (QED) is 0.782. The van der Waals surface area contributed by atoms with Gasteiger partial charge in [0.25, 0.3) is 0 Å². The number of aromatic nitrogens is 4. The third kappa shape index (κ3) is 5.30. The topological polar surface area (TPSA) is 90.1 Å². The van der Waals surface area contributed by atoms with Crippen LogP contribution in [0.15, 0.2) is 18.5 Å². The lowest BCUT2D eigenvalue weighted by atomic mass is 9.77. The molecule has 2 N–H and O–H groups in total. The molecule has 0 saturated carbocycles. The van der Waals surface area contributed by atoms with Crippen molar-refractivity contribution >= 4 is 11.6 Å². The Morgan fingerprint density at radius 2 is 1.89 bits per heavy atom. The normalized spacial score (nSPS) is 17.4. The summed E-state index contributed by atoms with van der Waals surface area (Å²) in [6, 6.07) is 1.69. The molecule has 0 amide bonds. The van der Waals surface area contributed by atoms with Crippen LogP contribution in [0.25, 0.3) is 0 Å². The number of nitrogens with zero attached hydrogens (tertiary/aromatic N) is 5. The van der Waals surface area contributed by atoms with Gasteiger partial charge in [-0.2, -0.15) is 4.98 Å². The Morgan fingerprint density at radius 1 is 1.14 bits per heavy atom. The molecule has 3 rings (SSSR count). The molecular formula is C21H32N6O. The number of nitrogen functional groups attached to an aromatic ring is 1. The number of hydrogen-bond donors (Lipinski definition) is 1. The SMILES string of the molecule is Cc1cnc(N2CCC(C(C)C(C)CCOc3cc(N)nc(C)n3)CC2)cn1. The van der Waals surface area contributed by atoms with Crippen molar-refractivity contribution in [1.82, 2.24) is 19.9 Å². The minimum Gasteiger partial charge on any atom is -0.478 e. The first-order valence-electron chi connectivity index (χ1n) is 10.2. The van der Waals surface area contributed by atoms with Crippen LogP contribution < -0.4 is 15.4 Å². The van der Waals surface area contributed by atoms with Crippen molar-refractivity contribution in [1.29, 1.82) is 0 Å². The zero-order valence-corrected chi connectivity index (χ0v) is 17.4. The van der Waals surface area contributed by atoms with Crippen LogP contribution in [0.5, 0.6) is 5.88 Å². The third-order valence-electron chi connectivity index (χ3n) is 5.93. The van der Waals surface area contributed by atoms with E-state index in [0.717, 1.165) is 36.9 Å². The zero-order chi connectivity index (χ0) is 20.1. The maximum atomic E-state index is 5.81. The van der Waals surface area contributed by atoms with Gasteiger partial charge >= 0.3 is 0 Å². The highest BCUT2D eigenvalue weighted by Crippen LogP contribution is 2.32. The lowest BCUT2D eigenvalue weighted by Gasteiger charge is -2.37. The molecule has 0 radical (unpaired) electrons. The monoisotopic (exact) mass is 384 g/mol. The van der Waals surface area contributed by atoms with E-state index in [-0.39, 0.29) is 0 Å². The van der Waals surface area contributed by atoms with Gasteiger partial charge in [0.2, 0.25) is 5.88 Å². The van der Waals surface area contributed by atoms with E-state index in [1.807, 2.05) is 26.2 Å². The van der Waals surface area contributed by atoms with Crippen molar-refractivity contribution in [2.45, 2.75) is 47.0 Å². The van der Waals surface area contributed by atoms with Gasteiger partial charge < -0.3 is 15.4 Å². The summed E-state index contributed by atoms with van der Waals surface area (Å²) in [4.78, 5) is 19.6. The molecule has 0 spiro atoms. The number of anilines is 2. The predicted molar refractivity (Wildman–Crippen MR) is 111 cm³/mol. The Balaban J connectivity index is 1.43. The van der Waals surface area contributed by atoms with Gasteiger partial charge in [-0.05, 0) is 50.9 Å². The molecule has 2 unspecified atom stereocenters. The summed E-state index contributed by atoms with van der Waals surface area (Å²) in [5.74, 6) is 4.65. The summed E-state index contributed by atoms with van der Waals surface area (Å²) < 4.78 is 5.81. The largest absolute Gasteiger partial charge is 0.478 e. The van der Waals surface area contributed by atoms with E-state index in [4.69, 9.17) is 10.5 Å². The first-order valence-corrected chi connectivity index (χ1v) is 10.2. The van der Waals surface area contributed by atoms with Crippen LogP contribution >= 0.6 is 0 Å². The van der Waals surface area contributed by atoms with Crippen molar-refractivity contribution in [3.05, 3.63) is 30.0 Å². The first-order chi connectivity index (χ1) is 13.4. The Labute approximate surface area is 167 Å². The Kier molecular flexibility index (Phi) is 6.65. The van der Waals surface area contributed by atoms with E-state index in [9.17, 15) is 0 Å². The fourth-order valence-electron chi connectivity index (χ4n) is 3.92. The molecule has 0 aromatic carbocycles. The van der Waals surface area contributed by atoms with Crippen molar-refractivity contribution < 1.29 is 4.74 Å². The average Bonchev–Trinajstić information content (AvgIpc) is 2.67. The van der Waals surface area contributed by atoms with Gasteiger partial charge in [0.15, 0.2) is 0 Å². The fourth-order valence-corrected chi connectivity index (χ4v) is 3.92. The van der Waals surface area contributed by atoms with E-state index in [1.54, 1.807) is 6.07 Å². The van der Waals surface area contributed by atoms with Crippen molar-refractivity contribution in [2.24, 2.45) is 17.8 Å². The smallest absolute Gasteiger partial charge is 0.218 e. The van der Waals surface area contributed by atoms with Crippen LogP contribution in [0.4, 0.5) is 11.6 Å². The number of rotatable bonds is 7. The summed E-state index contributed by atoms with van der Waals surface area (Å²) >= 11 is 0. The van der Waals surface area contributed by atoms with Crippen LogP contribution in [0, 0.1) is 31.6 Å². The molecule has 1 saturated heterocycles. The second kappa shape index (κ2) is 9.17. The van der Waals surface area contributed by atoms with Crippen molar-refractivity contribution in [2.75, 3.05) is 30.3 Å². The van der Waals surface area contributed by atoms with E-state index < -0.39 is 0 Å². The van der Waals surface area contributed by atoms with Crippen LogP contribution in [0.1, 0.15) is 44.6 Å². The maximum Gasteiger partial charge on any atom is 0.218 e. The van der Waals surface area contributed by atoms with E-state index in [1.165, 1.54) is 12.8 Å². The number of piperidine rings is 1. The van der Waals surface area contributed by atoms with Crippen molar-refractivity contribution in [3.8, 4) is 5.88 Å². The second-order valence-electron chi connectivity index (χ2n) is 7.99. The third-order valence-corrected chi connectivity index (χ3v) is 5.93. The summed E-state index contributed by atoms with van der Waals surface area (Å²) in [7, 11) is 0. The Bertz CT molecular complexity index is 738. The average molecular weight is 385 g/mol. The van der Waals surface area contributed by atoms with Crippen LogP contribution in [0.2, 0.25) is 0 Å². The number of aryl methyl sites for hydroxylation is 2. The lowest BCUT2D eigenvalue weighted by Crippen LogP contribution is -2.37. The standard InChI is InChI=1S/C21H32N6O/c1-14(7-10-28-21-11-19(22)25-17(4)26-21)16(3)18-5-8-27(9-6-18)20-13-23-15(2)12-24-20/h11-14,16,18H,5-10H2,1-4H3,(H2,22,25,26). The Hall–Kier alpha value is -2.44. The molecule has 152 valence electrons.